The Labute approximate surface area is 153 Å². The fourth-order valence-electron chi connectivity index (χ4n) is 2.73. The van der Waals surface area contributed by atoms with Gasteiger partial charge in [-0.1, -0.05) is 0 Å². The third kappa shape index (κ3) is 3.73. The van der Waals surface area contributed by atoms with Crippen molar-refractivity contribution in [3.05, 3.63) is 41.0 Å². The summed E-state index contributed by atoms with van der Waals surface area (Å²) in [5.41, 5.74) is 2.79. The van der Waals surface area contributed by atoms with Crippen molar-refractivity contribution >= 4 is 15.9 Å². The fourth-order valence-corrected chi connectivity index (χ4v) is 3.53. The maximum atomic E-state index is 12.8. The summed E-state index contributed by atoms with van der Waals surface area (Å²) in [5, 5.41) is 0. The first-order chi connectivity index (χ1) is 12.1. The molecule has 9 heteroatoms. The Hall–Kier alpha value is -2.39. The molecule has 0 aromatic carbocycles. The van der Waals surface area contributed by atoms with E-state index in [0.29, 0.717) is 0 Å². The largest absolute Gasteiger partial charge is 0.496 e. The summed E-state index contributed by atoms with van der Waals surface area (Å²) >= 11 is 0. The minimum atomic E-state index is -3.61. The van der Waals surface area contributed by atoms with Gasteiger partial charge in [0.15, 0.2) is 0 Å². The van der Waals surface area contributed by atoms with E-state index in [1.165, 1.54) is 28.8 Å². The van der Waals surface area contributed by atoms with E-state index in [0.717, 1.165) is 22.6 Å². The van der Waals surface area contributed by atoms with Gasteiger partial charge in [-0.05, 0) is 27.0 Å². The topological polar surface area (TPSA) is 93.5 Å². The van der Waals surface area contributed by atoms with Gasteiger partial charge in [-0.2, -0.15) is 0 Å². The molecule has 0 fully saturated rings. The Morgan fingerprint density at radius 1 is 1.38 bits per heavy atom. The standard InChI is InChI=1S/C17H24N4O4S/c1-11-8-19-14(12(2)16(11)25-6)10-21(5)17(22)15-7-13(9-20(15)4)26(23,24)18-3/h7-9,18H,10H2,1-6H3. The molecule has 2 heterocycles. The van der Waals surface area contributed by atoms with Crippen LogP contribution in [0.4, 0.5) is 0 Å². The molecule has 2 aromatic rings. The Balaban J connectivity index is 2.29. The van der Waals surface area contributed by atoms with Gasteiger partial charge in [-0.25, -0.2) is 13.1 Å². The molecule has 0 atom stereocenters. The molecule has 142 valence electrons. The molecule has 0 bridgehead atoms. The number of nitrogens with zero attached hydrogens (tertiary/aromatic N) is 3. The first kappa shape index (κ1) is 19.9. The third-order valence-corrected chi connectivity index (χ3v) is 5.64. The second kappa shape index (κ2) is 7.46. The lowest BCUT2D eigenvalue weighted by Gasteiger charge is -2.19. The van der Waals surface area contributed by atoms with Gasteiger partial charge < -0.3 is 14.2 Å². The number of carbonyl (C=O) groups is 1. The lowest BCUT2D eigenvalue weighted by molar-refractivity contribution is 0.0773. The molecule has 1 N–H and O–H groups in total. The SMILES string of the molecule is CNS(=O)(=O)c1cc(C(=O)N(C)Cc2ncc(C)c(OC)c2C)n(C)c1. The van der Waals surface area contributed by atoms with Crippen molar-refractivity contribution in [2.24, 2.45) is 7.05 Å². The Morgan fingerprint density at radius 2 is 2.04 bits per heavy atom. The lowest BCUT2D eigenvalue weighted by Crippen LogP contribution is -2.28. The van der Waals surface area contributed by atoms with Crippen LogP contribution in [0.3, 0.4) is 0 Å². The minimum absolute atomic E-state index is 0.0468. The van der Waals surface area contributed by atoms with E-state index in [9.17, 15) is 13.2 Å². The van der Waals surface area contributed by atoms with Crippen molar-refractivity contribution < 1.29 is 17.9 Å². The van der Waals surface area contributed by atoms with Crippen LogP contribution in [0.2, 0.25) is 0 Å². The summed E-state index contributed by atoms with van der Waals surface area (Å²) in [6, 6.07) is 1.36. The van der Waals surface area contributed by atoms with Crippen molar-refractivity contribution in [3.63, 3.8) is 0 Å². The van der Waals surface area contributed by atoms with E-state index in [-0.39, 0.29) is 23.0 Å². The Morgan fingerprint density at radius 3 is 2.62 bits per heavy atom. The summed E-state index contributed by atoms with van der Waals surface area (Å²) in [6.07, 6.45) is 3.12. The molecule has 0 unspecified atom stereocenters. The van der Waals surface area contributed by atoms with Gasteiger partial charge in [0.1, 0.15) is 16.3 Å². The first-order valence-corrected chi connectivity index (χ1v) is 9.45. The molecule has 0 saturated carbocycles. The Bertz CT molecular complexity index is 934. The van der Waals surface area contributed by atoms with Crippen molar-refractivity contribution in [1.29, 1.82) is 0 Å². The zero-order valence-electron chi connectivity index (χ0n) is 15.8. The van der Waals surface area contributed by atoms with Gasteiger partial charge in [0.05, 0.1) is 19.3 Å². The summed E-state index contributed by atoms with van der Waals surface area (Å²) in [5.74, 6) is 0.447. The van der Waals surface area contributed by atoms with Crippen molar-refractivity contribution in [2.45, 2.75) is 25.3 Å². The number of rotatable bonds is 6. The highest BCUT2D eigenvalue weighted by molar-refractivity contribution is 7.89. The highest BCUT2D eigenvalue weighted by Crippen LogP contribution is 2.25. The van der Waals surface area contributed by atoms with Crippen LogP contribution < -0.4 is 9.46 Å². The van der Waals surface area contributed by atoms with Crippen LogP contribution in [0.25, 0.3) is 0 Å². The van der Waals surface area contributed by atoms with E-state index < -0.39 is 10.0 Å². The second-order valence-electron chi connectivity index (χ2n) is 6.09. The third-order valence-electron chi connectivity index (χ3n) is 4.26. The van der Waals surface area contributed by atoms with Crippen molar-refractivity contribution in [2.75, 3.05) is 21.2 Å². The van der Waals surface area contributed by atoms with Gasteiger partial charge in [-0.3, -0.25) is 9.78 Å². The molecule has 0 aliphatic heterocycles. The summed E-state index contributed by atoms with van der Waals surface area (Å²) in [4.78, 5) is 18.7. The summed E-state index contributed by atoms with van der Waals surface area (Å²) in [7, 11) is 2.60. The van der Waals surface area contributed by atoms with Gasteiger partial charge >= 0.3 is 0 Å². The quantitative estimate of drug-likeness (QED) is 0.813. The van der Waals surface area contributed by atoms with Gasteiger partial charge in [0.2, 0.25) is 10.0 Å². The van der Waals surface area contributed by atoms with Crippen molar-refractivity contribution in [3.8, 4) is 5.75 Å². The van der Waals surface area contributed by atoms with Crippen molar-refractivity contribution in [1.82, 2.24) is 19.2 Å². The molecule has 0 aliphatic carbocycles. The number of methoxy groups -OCH3 is 1. The van der Waals surface area contributed by atoms with Gasteiger partial charge in [0.25, 0.3) is 5.91 Å². The van der Waals surface area contributed by atoms with E-state index in [2.05, 4.69) is 9.71 Å². The first-order valence-electron chi connectivity index (χ1n) is 7.96. The van der Waals surface area contributed by atoms with E-state index >= 15 is 0 Å². The minimum Gasteiger partial charge on any atom is -0.496 e. The number of pyridine rings is 1. The molecule has 2 aromatic heterocycles. The summed E-state index contributed by atoms with van der Waals surface area (Å²) in [6.45, 7) is 4.08. The number of nitrogens with one attached hydrogen (secondary N) is 1. The second-order valence-corrected chi connectivity index (χ2v) is 7.97. The Kier molecular flexibility index (Phi) is 5.72. The predicted molar refractivity (Wildman–Crippen MR) is 97.7 cm³/mol. The highest BCUT2D eigenvalue weighted by atomic mass is 32.2. The monoisotopic (exact) mass is 380 g/mol. The number of hydrogen-bond acceptors (Lipinski definition) is 5. The molecule has 1 amide bonds. The maximum absolute atomic E-state index is 12.8. The zero-order chi connectivity index (χ0) is 19.6. The van der Waals surface area contributed by atoms with Gasteiger partial charge in [0, 0.05) is 37.6 Å². The van der Waals surface area contributed by atoms with Crippen LogP contribution in [0, 0.1) is 13.8 Å². The van der Waals surface area contributed by atoms with Gasteiger partial charge in [-0.15, -0.1) is 0 Å². The molecular weight excluding hydrogens is 356 g/mol. The molecular formula is C17H24N4O4S. The molecule has 0 saturated heterocycles. The van der Waals surface area contributed by atoms with E-state index in [1.807, 2.05) is 13.8 Å². The van der Waals surface area contributed by atoms with Crippen LogP contribution in [-0.2, 0) is 23.6 Å². The molecule has 0 spiro atoms. The fraction of sp³-hybridized carbons (Fsp3) is 0.412. The maximum Gasteiger partial charge on any atom is 0.270 e. The number of carbonyl (C=O) groups excluding carboxylic acids is 1. The number of amides is 1. The summed E-state index contributed by atoms with van der Waals surface area (Å²) < 4.78 is 33.0. The van der Waals surface area contributed by atoms with Crippen LogP contribution in [0.15, 0.2) is 23.4 Å². The number of ether oxygens (including phenoxy) is 1. The van der Waals surface area contributed by atoms with E-state index in [1.54, 1.807) is 27.4 Å². The number of hydrogen-bond donors (Lipinski definition) is 1. The number of aromatic nitrogens is 2. The number of aryl methyl sites for hydroxylation is 2. The molecule has 26 heavy (non-hydrogen) atoms. The van der Waals surface area contributed by atoms with E-state index in [4.69, 9.17) is 4.74 Å². The normalized spacial score (nSPS) is 11.5. The smallest absolute Gasteiger partial charge is 0.270 e. The van der Waals surface area contributed by atoms with Crippen LogP contribution >= 0.6 is 0 Å². The molecule has 0 aliphatic rings. The zero-order valence-corrected chi connectivity index (χ0v) is 16.6. The number of sulfonamides is 1. The van der Waals surface area contributed by atoms with Crippen LogP contribution in [0.5, 0.6) is 5.75 Å². The predicted octanol–water partition coefficient (Wildman–Crippen LogP) is 1.23. The average Bonchev–Trinajstić information content (AvgIpc) is 2.99. The molecule has 8 nitrogen and oxygen atoms in total. The highest BCUT2D eigenvalue weighted by Gasteiger charge is 2.22. The van der Waals surface area contributed by atoms with Crippen LogP contribution in [0.1, 0.15) is 27.3 Å². The lowest BCUT2D eigenvalue weighted by atomic mass is 10.1. The average molecular weight is 380 g/mol. The molecule has 0 radical (unpaired) electrons. The van der Waals surface area contributed by atoms with Crippen LogP contribution in [-0.4, -0.2) is 50.0 Å². The molecule has 2 rings (SSSR count).